The molecule has 0 radical (unpaired) electrons. The molecule has 0 spiro atoms. The first-order valence-corrected chi connectivity index (χ1v) is 9.81. The highest BCUT2D eigenvalue weighted by Crippen LogP contribution is 2.35. The lowest BCUT2D eigenvalue weighted by Crippen LogP contribution is -2.29. The van der Waals surface area contributed by atoms with Gasteiger partial charge in [0.15, 0.2) is 6.10 Å². The molecule has 6 nitrogen and oxygen atoms in total. The van der Waals surface area contributed by atoms with Crippen molar-refractivity contribution in [3.05, 3.63) is 70.1 Å². The number of nitrogens with two attached hydrogens (primary N) is 1. The minimum Gasteiger partial charge on any atom is -0.449 e. The molecule has 3 aromatic rings. The summed E-state index contributed by atoms with van der Waals surface area (Å²) in [6.07, 6.45) is 1.80. The van der Waals surface area contributed by atoms with Crippen molar-refractivity contribution in [2.24, 2.45) is 5.73 Å². The first-order chi connectivity index (χ1) is 13.8. The zero-order valence-corrected chi connectivity index (χ0v) is 16.9. The van der Waals surface area contributed by atoms with E-state index in [1.165, 1.54) is 48.6 Å². The van der Waals surface area contributed by atoms with Gasteiger partial charge in [-0.25, -0.2) is 4.79 Å². The molecule has 2 amide bonds. The van der Waals surface area contributed by atoms with Crippen LogP contribution in [0.2, 0.25) is 5.02 Å². The molecule has 0 bridgehead atoms. The fourth-order valence-corrected chi connectivity index (χ4v) is 3.91. The number of hydrogen-bond acceptors (Lipinski definition) is 5. The molecular weight excluding hydrogens is 412 g/mol. The quantitative estimate of drug-likeness (QED) is 0.453. The second-order valence-electron chi connectivity index (χ2n) is 6.12. The summed E-state index contributed by atoms with van der Waals surface area (Å²) >= 11 is 7.79. The third-order valence-corrected chi connectivity index (χ3v) is 5.68. The van der Waals surface area contributed by atoms with Crippen LogP contribution in [0.5, 0.6) is 0 Å². The van der Waals surface area contributed by atoms with Crippen molar-refractivity contribution in [3.63, 3.8) is 0 Å². The number of halogens is 1. The van der Waals surface area contributed by atoms with Gasteiger partial charge in [0.2, 0.25) is 5.91 Å². The molecule has 0 saturated carbocycles. The summed E-state index contributed by atoms with van der Waals surface area (Å²) in [4.78, 5) is 36.0. The molecule has 1 aromatic heterocycles. The molecule has 8 heteroatoms. The fourth-order valence-electron chi connectivity index (χ4n) is 2.51. The maximum Gasteiger partial charge on any atom is 0.331 e. The zero-order chi connectivity index (χ0) is 21.0. The summed E-state index contributed by atoms with van der Waals surface area (Å²) in [5.41, 5.74) is 5.95. The molecule has 148 valence electrons. The zero-order valence-electron chi connectivity index (χ0n) is 15.3. The number of hydrogen-bond donors (Lipinski definition) is 2. The summed E-state index contributed by atoms with van der Waals surface area (Å²) < 4.78 is 6.15. The van der Waals surface area contributed by atoms with Crippen LogP contribution in [0.1, 0.15) is 22.2 Å². The number of fused-ring (bicyclic) bond motifs is 1. The SMILES string of the molecule is CC(OC(=O)/C=C/c1sc2ccccc2c1Cl)C(=O)Nc1ccc(C(N)=O)cc1. The summed E-state index contributed by atoms with van der Waals surface area (Å²) in [6.45, 7) is 1.46. The number of thiophene rings is 1. The third-order valence-electron chi connectivity index (χ3n) is 4.03. The van der Waals surface area contributed by atoms with Crippen LogP contribution < -0.4 is 11.1 Å². The molecule has 3 rings (SSSR count). The van der Waals surface area contributed by atoms with E-state index in [1.807, 2.05) is 24.3 Å². The van der Waals surface area contributed by atoms with Crippen molar-refractivity contribution in [2.45, 2.75) is 13.0 Å². The Morgan fingerprint density at radius 2 is 1.83 bits per heavy atom. The maximum absolute atomic E-state index is 12.2. The van der Waals surface area contributed by atoms with E-state index in [9.17, 15) is 14.4 Å². The first kappa shape index (κ1) is 20.6. The highest BCUT2D eigenvalue weighted by atomic mass is 35.5. The van der Waals surface area contributed by atoms with Crippen molar-refractivity contribution < 1.29 is 19.1 Å². The van der Waals surface area contributed by atoms with E-state index in [2.05, 4.69) is 5.32 Å². The molecule has 0 aliphatic carbocycles. The number of primary amides is 1. The van der Waals surface area contributed by atoms with Crippen LogP contribution in [0.15, 0.2) is 54.6 Å². The number of rotatable bonds is 6. The minimum atomic E-state index is -1.01. The fraction of sp³-hybridized carbons (Fsp3) is 0.0952. The highest BCUT2D eigenvalue weighted by molar-refractivity contribution is 7.20. The third kappa shape index (κ3) is 5.01. The van der Waals surface area contributed by atoms with E-state index >= 15 is 0 Å². The van der Waals surface area contributed by atoms with Gasteiger partial charge >= 0.3 is 5.97 Å². The number of anilines is 1. The molecular formula is C21H17ClN2O4S. The summed E-state index contributed by atoms with van der Waals surface area (Å²) in [6, 6.07) is 13.7. The van der Waals surface area contributed by atoms with Crippen LogP contribution in [-0.2, 0) is 14.3 Å². The molecule has 0 aliphatic heterocycles. The van der Waals surface area contributed by atoms with Crippen molar-refractivity contribution in [1.29, 1.82) is 0 Å². The molecule has 1 atom stereocenters. The van der Waals surface area contributed by atoms with Crippen LogP contribution in [0.3, 0.4) is 0 Å². The Morgan fingerprint density at radius 1 is 1.14 bits per heavy atom. The Hall–Kier alpha value is -3.16. The average Bonchev–Trinajstić information content (AvgIpc) is 3.02. The predicted octanol–water partition coefficient (Wildman–Crippen LogP) is 4.24. The topological polar surface area (TPSA) is 98.5 Å². The highest BCUT2D eigenvalue weighted by Gasteiger charge is 2.17. The number of benzene rings is 2. The first-order valence-electron chi connectivity index (χ1n) is 8.61. The largest absolute Gasteiger partial charge is 0.449 e. The number of amides is 2. The lowest BCUT2D eigenvalue weighted by molar-refractivity contribution is -0.148. The van der Waals surface area contributed by atoms with E-state index in [1.54, 1.807) is 6.08 Å². The molecule has 0 aliphatic rings. The van der Waals surface area contributed by atoms with E-state index in [4.69, 9.17) is 22.1 Å². The Kier molecular flexibility index (Phi) is 6.31. The van der Waals surface area contributed by atoms with Gasteiger partial charge in [0.05, 0.1) is 5.02 Å². The van der Waals surface area contributed by atoms with E-state index in [0.29, 0.717) is 16.3 Å². The standard InChI is InChI=1S/C21H17ClN2O4S/c1-12(21(27)24-14-8-6-13(7-9-14)20(23)26)28-18(25)11-10-17-19(22)15-4-2-3-5-16(15)29-17/h2-12H,1H3,(H2,23,26)(H,24,27)/b11-10+. The smallest absolute Gasteiger partial charge is 0.331 e. The summed E-state index contributed by atoms with van der Waals surface area (Å²) in [7, 11) is 0. The van der Waals surface area contributed by atoms with Crippen LogP contribution in [-0.4, -0.2) is 23.9 Å². The monoisotopic (exact) mass is 428 g/mol. The molecule has 29 heavy (non-hydrogen) atoms. The van der Waals surface area contributed by atoms with Gasteiger partial charge in [-0.05, 0) is 43.3 Å². The van der Waals surface area contributed by atoms with Crippen LogP contribution in [0.25, 0.3) is 16.2 Å². The van der Waals surface area contributed by atoms with Gasteiger partial charge in [0.25, 0.3) is 5.91 Å². The number of ether oxygens (including phenoxy) is 1. The molecule has 1 heterocycles. The maximum atomic E-state index is 12.2. The molecule has 1 unspecified atom stereocenters. The van der Waals surface area contributed by atoms with E-state index in [-0.39, 0.29) is 0 Å². The summed E-state index contributed by atoms with van der Waals surface area (Å²) in [5, 5.41) is 4.09. The van der Waals surface area contributed by atoms with Gasteiger partial charge < -0.3 is 15.8 Å². The lowest BCUT2D eigenvalue weighted by atomic mass is 10.2. The van der Waals surface area contributed by atoms with Crippen molar-refractivity contribution in [2.75, 3.05) is 5.32 Å². The molecule has 0 fully saturated rings. The van der Waals surface area contributed by atoms with Gasteiger partial charge in [0.1, 0.15) is 0 Å². The molecule has 3 N–H and O–H groups in total. The van der Waals surface area contributed by atoms with Gasteiger partial charge in [-0.1, -0.05) is 29.8 Å². The van der Waals surface area contributed by atoms with Crippen LogP contribution >= 0.6 is 22.9 Å². The minimum absolute atomic E-state index is 0.326. The number of carbonyl (C=O) groups is 3. The van der Waals surface area contributed by atoms with E-state index in [0.717, 1.165) is 15.0 Å². The Balaban J connectivity index is 1.59. The lowest BCUT2D eigenvalue weighted by Gasteiger charge is -2.12. The van der Waals surface area contributed by atoms with Gasteiger partial charge in [0, 0.05) is 32.3 Å². The number of nitrogens with one attached hydrogen (secondary N) is 1. The predicted molar refractivity (Wildman–Crippen MR) is 115 cm³/mol. The van der Waals surface area contributed by atoms with Crippen LogP contribution in [0, 0.1) is 0 Å². The van der Waals surface area contributed by atoms with Crippen molar-refractivity contribution in [3.8, 4) is 0 Å². The van der Waals surface area contributed by atoms with Gasteiger partial charge in [-0.15, -0.1) is 11.3 Å². The van der Waals surface area contributed by atoms with Gasteiger partial charge in [-0.2, -0.15) is 0 Å². The number of carbonyl (C=O) groups excluding carboxylic acids is 3. The molecule has 2 aromatic carbocycles. The second-order valence-corrected chi connectivity index (χ2v) is 7.58. The Bertz CT molecular complexity index is 1110. The Labute approximate surface area is 175 Å². The Morgan fingerprint density at radius 3 is 2.48 bits per heavy atom. The second kappa shape index (κ2) is 8.89. The van der Waals surface area contributed by atoms with Crippen molar-refractivity contribution >= 4 is 62.6 Å². The summed E-state index contributed by atoms with van der Waals surface area (Å²) in [5.74, 6) is -1.72. The van der Waals surface area contributed by atoms with E-state index < -0.39 is 23.9 Å². The normalized spacial score (nSPS) is 12.1. The number of esters is 1. The molecule has 0 saturated heterocycles. The van der Waals surface area contributed by atoms with Crippen molar-refractivity contribution in [1.82, 2.24) is 0 Å². The van der Waals surface area contributed by atoms with Crippen LogP contribution in [0.4, 0.5) is 5.69 Å². The average molecular weight is 429 g/mol. The van der Waals surface area contributed by atoms with Gasteiger partial charge in [-0.3, -0.25) is 9.59 Å².